The van der Waals surface area contributed by atoms with Crippen molar-refractivity contribution in [2.24, 2.45) is 0 Å². The normalized spacial score (nSPS) is 20.1. The SMILES string of the molecule is Cc1cccc(C)c1[C]1CCCCCCCCCCC1. The molecule has 0 spiro atoms. The van der Waals surface area contributed by atoms with Crippen LogP contribution in [0.1, 0.15) is 87.3 Å². The Morgan fingerprint density at radius 3 is 1.45 bits per heavy atom. The van der Waals surface area contributed by atoms with Gasteiger partial charge in [0.25, 0.3) is 0 Å². The topological polar surface area (TPSA) is 0 Å². The molecule has 2 rings (SSSR count). The number of hydrogen-bond acceptors (Lipinski definition) is 0. The van der Waals surface area contributed by atoms with Gasteiger partial charge in [0, 0.05) is 5.92 Å². The summed E-state index contributed by atoms with van der Waals surface area (Å²) >= 11 is 0. The van der Waals surface area contributed by atoms with Gasteiger partial charge in [-0.15, -0.1) is 0 Å². The van der Waals surface area contributed by atoms with Crippen molar-refractivity contribution in [3.8, 4) is 0 Å². The zero-order chi connectivity index (χ0) is 14.2. The second kappa shape index (κ2) is 8.49. The van der Waals surface area contributed by atoms with Gasteiger partial charge in [-0.1, -0.05) is 76.0 Å². The van der Waals surface area contributed by atoms with Crippen molar-refractivity contribution in [3.63, 3.8) is 0 Å². The molecule has 0 aliphatic heterocycles. The Morgan fingerprint density at radius 1 is 0.600 bits per heavy atom. The van der Waals surface area contributed by atoms with Crippen LogP contribution in [-0.2, 0) is 0 Å². The highest BCUT2D eigenvalue weighted by molar-refractivity contribution is 5.43. The minimum atomic E-state index is 1.33. The van der Waals surface area contributed by atoms with Gasteiger partial charge in [-0.3, -0.25) is 0 Å². The molecule has 0 nitrogen and oxygen atoms in total. The van der Waals surface area contributed by atoms with Gasteiger partial charge in [-0.2, -0.15) is 0 Å². The van der Waals surface area contributed by atoms with E-state index in [0.29, 0.717) is 0 Å². The molecule has 1 aliphatic rings. The van der Waals surface area contributed by atoms with Gasteiger partial charge in [0.15, 0.2) is 0 Å². The summed E-state index contributed by atoms with van der Waals surface area (Å²) in [5, 5.41) is 0. The van der Waals surface area contributed by atoms with Crippen LogP contribution in [0.3, 0.4) is 0 Å². The summed E-state index contributed by atoms with van der Waals surface area (Å²) in [6.07, 6.45) is 15.6. The Bertz CT molecular complexity index is 359. The predicted octanol–water partition coefficient (Wildman–Crippen LogP) is 6.53. The van der Waals surface area contributed by atoms with Crippen LogP contribution in [0.5, 0.6) is 0 Å². The summed E-state index contributed by atoms with van der Waals surface area (Å²) in [5.41, 5.74) is 4.55. The molecule has 0 aromatic heterocycles. The molecule has 0 N–H and O–H groups in total. The van der Waals surface area contributed by atoms with E-state index in [1.807, 2.05) is 0 Å². The van der Waals surface area contributed by atoms with E-state index >= 15 is 0 Å². The largest absolute Gasteiger partial charge is 0.0617 e. The fraction of sp³-hybridized carbons (Fsp3) is 0.650. The summed E-state index contributed by atoms with van der Waals surface area (Å²) in [6.45, 7) is 4.57. The number of aryl methyl sites for hydroxylation is 2. The summed E-state index contributed by atoms with van der Waals surface area (Å²) in [7, 11) is 0. The molecular weight excluding hydrogens is 240 g/mol. The van der Waals surface area contributed by atoms with E-state index in [4.69, 9.17) is 0 Å². The summed E-state index contributed by atoms with van der Waals surface area (Å²) in [4.78, 5) is 0. The maximum Gasteiger partial charge on any atom is 0.00552 e. The predicted molar refractivity (Wildman–Crippen MR) is 89.0 cm³/mol. The molecule has 0 saturated heterocycles. The third-order valence-electron chi connectivity index (χ3n) is 4.79. The molecule has 0 amide bonds. The lowest BCUT2D eigenvalue weighted by Gasteiger charge is -2.22. The van der Waals surface area contributed by atoms with Gasteiger partial charge >= 0.3 is 0 Å². The zero-order valence-corrected chi connectivity index (χ0v) is 13.5. The fourth-order valence-electron chi connectivity index (χ4n) is 3.66. The van der Waals surface area contributed by atoms with E-state index < -0.39 is 0 Å². The second-order valence-corrected chi connectivity index (χ2v) is 6.55. The Hall–Kier alpha value is -0.780. The van der Waals surface area contributed by atoms with Crippen molar-refractivity contribution in [1.82, 2.24) is 0 Å². The molecule has 0 heteroatoms. The van der Waals surface area contributed by atoms with Crippen LogP contribution in [-0.4, -0.2) is 0 Å². The monoisotopic (exact) mass is 271 g/mol. The number of benzene rings is 1. The van der Waals surface area contributed by atoms with Crippen LogP contribution in [0.2, 0.25) is 0 Å². The van der Waals surface area contributed by atoms with E-state index in [9.17, 15) is 0 Å². The molecule has 1 fully saturated rings. The van der Waals surface area contributed by atoms with Gasteiger partial charge in [0.2, 0.25) is 0 Å². The van der Waals surface area contributed by atoms with E-state index in [0.717, 1.165) is 0 Å². The Kier molecular flexibility index (Phi) is 6.63. The standard InChI is InChI=1S/C20H31/c1-17-13-12-14-18(2)20(17)19-15-10-8-6-4-3-5-7-9-11-16-19/h12-14H,3-11,15-16H2,1-2H3. The number of rotatable bonds is 1. The first-order valence-electron chi connectivity index (χ1n) is 8.70. The Morgan fingerprint density at radius 2 is 1.00 bits per heavy atom. The van der Waals surface area contributed by atoms with E-state index in [1.54, 1.807) is 11.5 Å². The highest BCUT2D eigenvalue weighted by Gasteiger charge is 2.16. The van der Waals surface area contributed by atoms with Crippen molar-refractivity contribution in [2.75, 3.05) is 0 Å². The molecule has 20 heavy (non-hydrogen) atoms. The average Bonchev–Trinajstić information content (AvgIpc) is 2.41. The maximum atomic E-state index is 2.28. The van der Waals surface area contributed by atoms with Gasteiger partial charge in [0.05, 0.1) is 0 Å². The highest BCUT2D eigenvalue weighted by Crippen LogP contribution is 2.32. The molecule has 0 unspecified atom stereocenters. The minimum Gasteiger partial charge on any atom is -0.0617 e. The van der Waals surface area contributed by atoms with Crippen molar-refractivity contribution in [2.45, 2.75) is 84.5 Å². The van der Waals surface area contributed by atoms with Crippen LogP contribution < -0.4 is 0 Å². The lowest BCUT2D eigenvalue weighted by molar-refractivity contribution is 0.524. The molecule has 0 bridgehead atoms. The quantitative estimate of drug-likeness (QED) is 0.544. The van der Waals surface area contributed by atoms with Crippen LogP contribution in [0.4, 0.5) is 0 Å². The van der Waals surface area contributed by atoms with Crippen molar-refractivity contribution in [1.29, 1.82) is 0 Å². The van der Waals surface area contributed by atoms with Gasteiger partial charge in [-0.25, -0.2) is 0 Å². The third kappa shape index (κ3) is 4.65. The molecular formula is C20H31. The second-order valence-electron chi connectivity index (χ2n) is 6.55. The molecule has 1 aliphatic carbocycles. The lowest BCUT2D eigenvalue weighted by Crippen LogP contribution is -2.06. The van der Waals surface area contributed by atoms with Crippen LogP contribution in [0.15, 0.2) is 18.2 Å². The summed E-state index contributed by atoms with van der Waals surface area (Å²) < 4.78 is 0. The van der Waals surface area contributed by atoms with E-state index in [-0.39, 0.29) is 0 Å². The maximum absolute atomic E-state index is 2.28. The van der Waals surface area contributed by atoms with Crippen LogP contribution in [0.25, 0.3) is 0 Å². The van der Waals surface area contributed by atoms with Crippen molar-refractivity contribution < 1.29 is 0 Å². The fourth-order valence-corrected chi connectivity index (χ4v) is 3.66. The zero-order valence-electron chi connectivity index (χ0n) is 13.5. The molecule has 0 heterocycles. The van der Waals surface area contributed by atoms with Crippen molar-refractivity contribution in [3.05, 3.63) is 40.8 Å². The van der Waals surface area contributed by atoms with Crippen LogP contribution >= 0.6 is 0 Å². The first kappa shape index (κ1) is 15.6. The van der Waals surface area contributed by atoms with Gasteiger partial charge in [-0.05, 0) is 43.4 Å². The third-order valence-corrected chi connectivity index (χ3v) is 4.79. The summed E-state index contributed by atoms with van der Waals surface area (Å²) in [5.74, 6) is 1.74. The molecule has 1 aromatic rings. The molecule has 0 atom stereocenters. The molecule has 1 aromatic carbocycles. The van der Waals surface area contributed by atoms with Gasteiger partial charge in [0.1, 0.15) is 0 Å². The Labute approximate surface area is 126 Å². The Balaban J connectivity index is 2.05. The molecule has 111 valence electrons. The van der Waals surface area contributed by atoms with Gasteiger partial charge < -0.3 is 0 Å². The van der Waals surface area contributed by atoms with E-state index in [2.05, 4.69) is 32.0 Å². The molecule has 1 saturated carbocycles. The minimum absolute atomic E-state index is 1.33. The van der Waals surface area contributed by atoms with Crippen molar-refractivity contribution >= 4 is 0 Å². The highest BCUT2D eigenvalue weighted by atomic mass is 14.2. The first-order chi connectivity index (χ1) is 9.79. The van der Waals surface area contributed by atoms with Crippen LogP contribution in [0, 0.1) is 19.8 Å². The number of hydrogen-bond donors (Lipinski definition) is 0. The van der Waals surface area contributed by atoms with E-state index in [1.165, 1.54) is 81.8 Å². The lowest BCUT2D eigenvalue weighted by atomic mass is 9.83. The smallest absolute Gasteiger partial charge is 0.00552 e. The first-order valence-corrected chi connectivity index (χ1v) is 8.70. The average molecular weight is 271 g/mol. The summed E-state index contributed by atoms with van der Waals surface area (Å²) in [6, 6.07) is 6.76. The molecule has 1 radical (unpaired) electrons.